The highest BCUT2D eigenvalue weighted by Crippen LogP contribution is 2.59. The van der Waals surface area contributed by atoms with Crippen molar-refractivity contribution in [2.24, 2.45) is 5.41 Å². The zero-order valence-corrected chi connectivity index (χ0v) is 13.0. The number of piperidine rings is 1. The molecule has 0 radical (unpaired) electrons. The third-order valence-electron chi connectivity index (χ3n) is 5.84. The highest BCUT2D eigenvalue weighted by atomic mass is 16.1. The van der Waals surface area contributed by atoms with Crippen LogP contribution in [-0.2, 0) is 4.79 Å². The second-order valence-corrected chi connectivity index (χ2v) is 7.23. The third-order valence-corrected chi connectivity index (χ3v) is 5.84. The second kappa shape index (κ2) is 6.05. The van der Waals surface area contributed by atoms with Crippen molar-refractivity contribution in [2.75, 3.05) is 13.1 Å². The number of nitrogens with zero attached hydrogens (tertiary/aromatic N) is 1. The van der Waals surface area contributed by atoms with Crippen molar-refractivity contribution in [3.05, 3.63) is 0 Å². The molecule has 1 amide bonds. The van der Waals surface area contributed by atoms with Crippen molar-refractivity contribution in [1.29, 1.82) is 0 Å². The molecule has 0 aromatic rings. The van der Waals surface area contributed by atoms with Crippen LogP contribution in [0.1, 0.15) is 71.1 Å². The Hall–Kier alpha value is -0.570. The Morgan fingerprint density at radius 1 is 1.15 bits per heavy atom. The van der Waals surface area contributed by atoms with Crippen LogP contribution in [0.15, 0.2) is 0 Å². The van der Waals surface area contributed by atoms with Crippen LogP contribution in [0.3, 0.4) is 0 Å². The molecule has 2 saturated heterocycles. The molecule has 2 aliphatic heterocycles. The predicted octanol–water partition coefficient (Wildman–Crippen LogP) is 3.09. The molecular formula is C17H30N2O. The summed E-state index contributed by atoms with van der Waals surface area (Å²) < 4.78 is 0. The Morgan fingerprint density at radius 2 is 1.90 bits per heavy atom. The summed E-state index contributed by atoms with van der Waals surface area (Å²) in [5.41, 5.74) is 0.445. The van der Waals surface area contributed by atoms with Crippen LogP contribution in [0.4, 0.5) is 0 Å². The molecule has 3 rings (SSSR count). The van der Waals surface area contributed by atoms with E-state index in [0.29, 0.717) is 5.41 Å². The Morgan fingerprint density at radius 3 is 2.70 bits per heavy atom. The predicted molar refractivity (Wildman–Crippen MR) is 81.6 cm³/mol. The highest BCUT2D eigenvalue weighted by molar-refractivity contribution is 5.75. The molecule has 1 N–H and O–H groups in total. The largest absolute Gasteiger partial charge is 0.355 e. The molecule has 1 unspecified atom stereocenters. The van der Waals surface area contributed by atoms with Gasteiger partial charge >= 0.3 is 0 Å². The van der Waals surface area contributed by atoms with E-state index in [2.05, 4.69) is 17.1 Å². The summed E-state index contributed by atoms with van der Waals surface area (Å²) in [6, 6.07) is 1.55. The van der Waals surface area contributed by atoms with Crippen LogP contribution < -0.4 is 5.32 Å². The lowest BCUT2D eigenvalue weighted by molar-refractivity contribution is -0.121. The van der Waals surface area contributed by atoms with E-state index in [1.165, 1.54) is 57.9 Å². The van der Waals surface area contributed by atoms with E-state index in [4.69, 9.17) is 0 Å². The van der Waals surface area contributed by atoms with Gasteiger partial charge in [-0.3, -0.25) is 9.69 Å². The average Bonchev–Trinajstić information content (AvgIpc) is 3.08. The molecule has 0 aromatic heterocycles. The van der Waals surface area contributed by atoms with E-state index in [1.807, 2.05) is 0 Å². The van der Waals surface area contributed by atoms with Gasteiger partial charge < -0.3 is 5.32 Å². The topological polar surface area (TPSA) is 32.3 Å². The van der Waals surface area contributed by atoms with Crippen molar-refractivity contribution in [1.82, 2.24) is 10.2 Å². The second-order valence-electron chi connectivity index (χ2n) is 7.23. The van der Waals surface area contributed by atoms with Gasteiger partial charge in [0.2, 0.25) is 5.91 Å². The van der Waals surface area contributed by atoms with E-state index in [9.17, 15) is 4.79 Å². The zero-order chi connectivity index (χ0) is 14.0. The molecule has 1 saturated carbocycles. The fourth-order valence-electron chi connectivity index (χ4n) is 4.48. The molecule has 3 fully saturated rings. The lowest BCUT2D eigenvalue weighted by Gasteiger charge is -2.26. The fraction of sp³-hybridized carbons (Fsp3) is 0.941. The summed E-state index contributed by atoms with van der Waals surface area (Å²) in [4.78, 5) is 14.7. The summed E-state index contributed by atoms with van der Waals surface area (Å²) in [7, 11) is 0. The minimum Gasteiger partial charge on any atom is -0.355 e. The monoisotopic (exact) mass is 278 g/mol. The van der Waals surface area contributed by atoms with Gasteiger partial charge in [-0.1, -0.05) is 32.6 Å². The van der Waals surface area contributed by atoms with E-state index in [1.54, 1.807) is 0 Å². The smallest absolute Gasteiger partial charge is 0.220 e. The van der Waals surface area contributed by atoms with Gasteiger partial charge in [-0.2, -0.15) is 0 Å². The average molecular weight is 278 g/mol. The molecule has 2 bridgehead atoms. The van der Waals surface area contributed by atoms with Crippen LogP contribution >= 0.6 is 0 Å². The van der Waals surface area contributed by atoms with Gasteiger partial charge in [-0.15, -0.1) is 0 Å². The first-order valence-electron chi connectivity index (χ1n) is 8.78. The van der Waals surface area contributed by atoms with Gasteiger partial charge in [0.25, 0.3) is 0 Å². The Labute approximate surface area is 123 Å². The molecule has 1 aliphatic carbocycles. The van der Waals surface area contributed by atoms with Crippen molar-refractivity contribution < 1.29 is 4.79 Å². The quantitative estimate of drug-likeness (QED) is 0.799. The zero-order valence-electron chi connectivity index (χ0n) is 13.0. The van der Waals surface area contributed by atoms with Crippen LogP contribution in [-0.4, -0.2) is 36.0 Å². The summed E-state index contributed by atoms with van der Waals surface area (Å²) >= 11 is 0. The number of hydrogen-bond acceptors (Lipinski definition) is 2. The van der Waals surface area contributed by atoms with Gasteiger partial charge in [0, 0.05) is 30.5 Å². The first-order valence-corrected chi connectivity index (χ1v) is 8.78. The van der Waals surface area contributed by atoms with Crippen molar-refractivity contribution in [2.45, 2.75) is 83.2 Å². The maximum absolute atomic E-state index is 11.9. The van der Waals surface area contributed by atoms with Gasteiger partial charge in [0.05, 0.1) is 0 Å². The summed E-state index contributed by atoms with van der Waals surface area (Å²) in [6.45, 7) is 4.55. The molecule has 114 valence electrons. The molecule has 3 heteroatoms. The summed E-state index contributed by atoms with van der Waals surface area (Å²) in [5, 5.41) is 3.23. The highest BCUT2D eigenvalue weighted by Gasteiger charge is 2.63. The molecule has 0 aromatic carbocycles. The van der Waals surface area contributed by atoms with Gasteiger partial charge in [0.15, 0.2) is 0 Å². The van der Waals surface area contributed by atoms with Crippen LogP contribution in [0.5, 0.6) is 0 Å². The summed E-state index contributed by atoms with van der Waals surface area (Å²) in [5.74, 6) is 0.286. The third kappa shape index (κ3) is 2.88. The van der Waals surface area contributed by atoms with Crippen LogP contribution in [0.2, 0.25) is 0 Å². The van der Waals surface area contributed by atoms with E-state index in [-0.39, 0.29) is 5.91 Å². The molecule has 3 nitrogen and oxygen atoms in total. The minimum absolute atomic E-state index is 0.286. The number of rotatable bonds is 1. The first-order chi connectivity index (χ1) is 9.75. The number of amides is 1. The lowest BCUT2D eigenvalue weighted by atomic mass is 9.98. The summed E-state index contributed by atoms with van der Waals surface area (Å²) in [6.07, 6.45) is 12.3. The molecule has 20 heavy (non-hydrogen) atoms. The SMILES string of the molecule is CC[C@@H]1C[C@]23CNC(=O)CCCCCCCCN1[C@@H]2C3. The Bertz CT molecular complexity index is 357. The van der Waals surface area contributed by atoms with Crippen LogP contribution in [0, 0.1) is 5.41 Å². The lowest BCUT2D eigenvalue weighted by Crippen LogP contribution is -2.33. The van der Waals surface area contributed by atoms with Gasteiger partial charge in [-0.25, -0.2) is 0 Å². The number of nitrogens with one attached hydrogen (secondary N) is 1. The maximum atomic E-state index is 11.9. The van der Waals surface area contributed by atoms with E-state index >= 15 is 0 Å². The minimum atomic E-state index is 0.286. The van der Waals surface area contributed by atoms with Crippen molar-refractivity contribution in [3.8, 4) is 0 Å². The van der Waals surface area contributed by atoms with Crippen LogP contribution in [0.25, 0.3) is 0 Å². The van der Waals surface area contributed by atoms with Crippen molar-refractivity contribution >= 4 is 5.91 Å². The molecular weight excluding hydrogens is 248 g/mol. The van der Waals surface area contributed by atoms with Crippen molar-refractivity contribution in [3.63, 3.8) is 0 Å². The van der Waals surface area contributed by atoms with E-state index in [0.717, 1.165) is 31.5 Å². The molecule has 2 heterocycles. The van der Waals surface area contributed by atoms with Gasteiger partial charge in [-0.05, 0) is 38.6 Å². The molecule has 4 atom stereocenters. The normalized spacial score (nSPS) is 42.5. The Balaban J connectivity index is 1.62. The van der Waals surface area contributed by atoms with E-state index < -0.39 is 0 Å². The first kappa shape index (κ1) is 14.4. The number of carbonyl (C=O) groups is 1. The standard InChI is InChI=1S/C17H30N2O/c1-2-14-11-17-12-15(17)19(14)10-8-6-4-3-5-7-9-16(20)18-13-17/h14-15H,2-13H2,1H3,(H,18,20)/t14-,15-,17+/m1/s1. The van der Waals surface area contributed by atoms with Gasteiger partial charge in [0.1, 0.15) is 0 Å². The Kier molecular flexibility index (Phi) is 4.34. The fourth-order valence-corrected chi connectivity index (χ4v) is 4.48. The maximum Gasteiger partial charge on any atom is 0.220 e. The number of hydrogen-bond donors (Lipinski definition) is 1. The molecule has 0 spiro atoms. The number of carbonyl (C=O) groups excluding carboxylic acids is 1. The molecule has 3 aliphatic rings.